The van der Waals surface area contributed by atoms with E-state index >= 15 is 0 Å². The van der Waals surface area contributed by atoms with Crippen molar-refractivity contribution in [3.8, 4) is 0 Å². The highest BCUT2D eigenvalue weighted by molar-refractivity contribution is 8.14. The Kier molecular flexibility index (Phi) is 8.27. The van der Waals surface area contributed by atoms with Crippen LogP contribution in [0.5, 0.6) is 0 Å². The van der Waals surface area contributed by atoms with E-state index < -0.39 is 5.97 Å². The number of unbranched alkanes of at least 4 members (excludes halogenated alkanes) is 1. The Hall–Kier alpha value is -0.550. The fourth-order valence-electron chi connectivity index (χ4n) is 1.27. The first-order valence-electron chi connectivity index (χ1n) is 6.41. The van der Waals surface area contributed by atoms with E-state index in [1.807, 2.05) is 0 Å². The number of carboxylic acids is 1. The molecule has 0 aromatic rings. The van der Waals surface area contributed by atoms with Crippen LogP contribution in [0.1, 0.15) is 32.6 Å². The first kappa shape index (κ1) is 17.4. The van der Waals surface area contributed by atoms with E-state index in [2.05, 4.69) is 40.1 Å². The Morgan fingerprint density at radius 1 is 1.44 bits per heavy atom. The van der Waals surface area contributed by atoms with Gasteiger partial charge in [-0.2, -0.15) is 0 Å². The van der Waals surface area contributed by atoms with Crippen LogP contribution in [0.25, 0.3) is 0 Å². The lowest BCUT2D eigenvalue weighted by atomic mass is 10.2. The quantitative estimate of drug-likeness (QED) is 0.707. The van der Waals surface area contributed by atoms with E-state index in [0.717, 1.165) is 22.5 Å². The molecule has 0 saturated carbocycles. The van der Waals surface area contributed by atoms with Gasteiger partial charge in [-0.3, -0.25) is 4.99 Å². The Morgan fingerprint density at radius 2 is 2.00 bits per heavy atom. The minimum Gasteiger partial charge on any atom is -0.550 e. The van der Waals surface area contributed by atoms with Crippen LogP contribution in [0.3, 0.4) is 0 Å². The molecule has 0 amide bonds. The number of nitrogens with zero attached hydrogens (tertiary/aromatic N) is 2. The lowest BCUT2D eigenvalue weighted by molar-refractivity contribution is -0.849. The number of rotatable bonds is 5. The zero-order chi connectivity index (χ0) is 14.2. The molecule has 0 N–H and O–H groups in total. The molecule has 0 saturated heterocycles. The van der Waals surface area contributed by atoms with Crippen LogP contribution in [0, 0.1) is 0 Å². The monoisotopic (exact) mass is 274 g/mol. The Bertz CT molecular complexity index is 279. The maximum Gasteiger partial charge on any atom is 0.0735 e. The highest BCUT2D eigenvalue weighted by Crippen LogP contribution is 2.26. The molecule has 106 valence electrons. The van der Waals surface area contributed by atoms with Crippen LogP contribution >= 0.6 is 11.8 Å². The molecule has 1 rings (SSSR count). The van der Waals surface area contributed by atoms with Crippen molar-refractivity contribution >= 4 is 22.8 Å². The van der Waals surface area contributed by atoms with Crippen LogP contribution < -0.4 is 5.11 Å². The van der Waals surface area contributed by atoms with Gasteiger partial charge in [-0.1, -0.05) is 19.8 Å². The molecule has 1 atom stereocenters. The Balaban J connectivity index is 0.000000494. The molecule has 0 bridgehead atoms. The van der Waals surface area contributed by atoms with E-state index in [4.69, 9.17) is 0 Å². The summed E-state index contributed by atoms with van der Waals surface area (Å²) in [5.74, 6) is -1.03. The SMILES string of the molecule is CCCCC1CN=C(CC(=O)[O-])S1.C[N+](C)(C)C. The number of thioether (sulfide) groups is 1. The molecule has 0 aromatic carbocycles. The third-order valence-electron chi connectivity index (χ3n) is 1.95. The third-order valence-corrected chi connectivity index (χ3v) is 3.21. The van der Waals surface area contributed by atoms with Crippen molar-refractivity contribution in [2.24, 2.45) is 4.99 Å². The summed E-state index contributed by atoms with van der Waals surface area (Å²) in [4.78, 5) is 14.4. The molecule has 1 heterocycles. The standard InChI is InChI=1S/C9H15NO2S.C4H12N/c1-2-3-4-7-6-10-8(13-7)5-9(11)12;1-5(2,3)4/h7H,2-6H2,1H3,(H,11,12);1-4H3/q;+1/p-1. The number of carboxylic acid groups (broad SMARTS) is 1. The van der Waals surface area contributed by atoms with Gasteiger partial charge in [0.2, 0.25) is 0 Å². The molecule has 0 radical (unpaired) electrons. The summed E-state index contributed by atoms with van der Waals surface area (Å²) >= 11 is 1.61. The van der Waals surface area contributed by atoms with E-state index in [-0.39, 0.29) is 6.42 Å². The summed E-state index contributed by atoms with van der Waals surface area (Å²) in [6.45, 7) is 2.94. The average Bonchev–Trinajstić information content (AvgIpc) is 2.59. The molecular weight excluding hydrogens is 248 g/mol. The summed E-state index contributed by atoms with van der Waals surface area (Å²) < 4.78 is 1.00. The highest BCUT2D eigenvalue weighted by Gasteiger charge is 2.18. The second-order valence-electron chi connectivity index (χ2n) is 5.85. The highest BCUT2D eigenvalue weighted by atomic mass is 32.2. The molecule has 5 heteroatoms. The van der Waals surface area contributed by atoms with Crippen LogP contribution in [0.4, 0.5) is 0 Å². The zero-order valence-corrected chi connectivity index (χ0v) is 13.0. The van der Waals surface area contributed by atoms with Gasteiger partial charge in [0.15, 0.2) is 0 Å². The van der Waals surface area contributed by atoms with Crippen LogP contribution in [-0.4, -0.2) is 55.5 Å². The lowest BCUT2D eigenvalue weighted by Crippen LogP contribution is -2.27. The number of aliphatic carboxylic acids is 1. The number of carbonyl (C=O) groups excluding carboxylic acids is 1. The maximum atomic E-state index is 10.3. The number of quaternary nitrogens is 1. The average molecular weight is 274 g/mol. The third kappa shape index (κ3) is 11.9. The second-order valence-corrected chi connectivity index (χ2v) is 7.22. The van der Waals surface area contributed by atoms with Crippen LogP contribution in [0.15, 0.2) is 4.99 Å². The van der Waals surface area contributed by atoms with Crippen molar-refractivity contribution in [2.75, 3.05) is 34.7 Å². The summed E-state index contributed by atoms with van der Waals surface area (Å²) in [5.41, 5.74) is 0. The molecule has 0 aromatic heterocycles. The van der Waals surface area contributed by atoms with Crippen molar-refractivity contribution in [1.82, 2.24) is 0 Å². The van der Waals surface area contributed by atoms with Gasteiger partial charge in [-0.15, -0.1) is 11.8 Å². The fraction of sp³-hybridized carbons (Fsp3) is 0.846. The number of aliphatic imine (C=N–C) groups is 1. The largest absolute Gasteiger partial charge is 0.550 e. The van der Waals surface area contributed by atoms with Gasteiger partial charge in [0.1, 0.15) is 0 Å². The van der Waals surface area contributed by atoms with Gasteiger partial charge in [0.05, 0.1) is 39.8 Å². The molecule has 1 unspecified atom stereocenters. The number of hydrogen-bond donors (Lipinski definition) is 0. The van der Waals surface area contributed by atoms with Crippen LogP contribution in [0.2, 0.25) is 0 Å². The number of hydrogen-bond acceptors (Lipinski definition) is 4. The lowest BCUT2D eigenvalue weighted by Gasteiger charge is -2.14. The topological polar surface area (TPSA) is 52.5 Å². The van der Waals surface area contributed by atoms with Crippen molar-refractivity contribution in [3.63, 3.8) is 0 Å². The minimum absolute atomic E-state index is 0.00666. The van der Waals surface area contributed by atoms with Crippen molar-refractivity contribution in [3.05, 3.63) is 0 Å². The first-order chi connectivity index (χ1) is 8.22. The number of carbonyl (C=O) groups is 1. The van der Waals surface area contributed by atoms with Gasteiger partial charge in [0.25, 0.3) is 0 Å². The molecular formula is C13H26N2O2S. The van der Waals surface area contributed by atoms with Crippen molar-refractivity contribution < 1.29 is 14.4 Å². The maximum absolute atomic E-state index is 10.3. The molecule has 18 heavy (non-hydrogen) atoms. The molecule has 0 aliphatic carbocycles. The fourth-order valence-corrected chi connectivity index (χ4v) is 2.44. The summed E-state index contributed by atoms with van der Waals surface area (Å²) in [7, 11) is 8.50. The second kappa shape index (κ2) is 8.53. The summed E-state index contributed by atoms with van der Waals surface area (Å²) in [6.07, 6.45) is 3.52. The van der Waals surface area contributed by atoms with E-state index in [1.165, 1.54) is 12.8 Å². The van der Waals surface area contributed by atoms with Crippen molar-refractivity contribution in [1.29, 1.82) is 0 Å². The molecule has 0 spiro atoms. The molecule has 1 aliphatic rings. The van der Waals surface area contributed by atoms with Crippen molar-refractivity contribution in [2.45, 2.75) is 37.9 Å². The predicted molar refractivity (Wildman–Crippen MR) is 76.8 cm³/mol. The van der Waals surface area contributed by atoms with Gasteiger partial charge >= 0.3 is 0 Å². The predicted octanol–water partition coefficient (Wildman–Crippen LogP) is 1.15. The summed E-state index contributed by atoms with van der Waals surface area (Å²) in [6, 6.07) is 0. The normalized spacial score (nSPS) is 18.9. The molecule has 1 aliphatic heterocycles. The summed E-state index contributed by atoms with van der Waals surface area (Å²) in [5, 5.41) is 11.5. The van der Waals surface area contributed by atoms with E-state index in [1.54, 1.807) is 11.8 Å². The zero-order valence-electron chi connectivity index (χ0n) is 12.2. The van der Waals surface area contributed by atoms with Gasteiger partial charge < -0.3 is 14.4 Å². The molecule has 4 nitrogen and oxygen atoms in total. The van der Waals surface area contributed by atoms with E-state index in [0.29, 0.717) is 5.25 Å². The van der Waals surface area contributed by atoms with Crippen LogP contribution in [-0.2, 0) is 4.79 Å². The van der Waals surface area contributed by atoms with Gasteiger partial charge in [-0.25, -0.2) is 0 Å². The van der Waals surface area contributed by atoms with Gasteiger partial charge in [-0.05, 0) is 6.42 Å². The minimum atomic E-state index is -1.03. The first-order valence-corrected chi connectivity index (χ1v) is 7.29. The Morgan fingerprint density at radius 3 is 2.44 bits per heavy atom. The van der Waals surface area contributed by atoms with E-state index in [9.17, 15) is 9.90 Å². The Labute approximate surface area is 115 Å². The smallest absolute Gasteiger partial charge is 0.0735 e. The molecule has 0 fully saturated rings. The van der Waals surface area contributed by atoms with Gasteiger partial charge in [0, 0.05) is 17.6 Å².